The van der Waals surface area contributed by atoms with E-state index in [1.807, 2.05) is 0 Å². The van der Waals surface area contributed by atoms with Gasteiger partial charge in [-0.3, -0.25) is 9.55 Å². The molecular formula is C24H35FNO4P. The third-order valence-corrected chi connectivity index (χ3v) is 6.99. The molecule has 0 aliphatic heterocycles. The number of methoxy groups -OCH3 is 1. The average molecular weight is 454 g/mol. The van der Waals surface area contributed by atoms with Gasteiger partial charge >= 0.3 is 7.60 Å². The first-order chi connectivity index (χ1) is 14.7. The Hall–Kier alpha value is -1.59. The van der Waals surface area contributed by atoms with Gasteiger partial charge in [0.1, 0.15) is 5.82 Å². The lowest BCUT2D eigenvalue weighted by atomic mass is 9.90. The second kappa shape index (κ2) is 11.3. The molecule has 0 aliphatic rings. The Labute approximate surface area is 185 Å². The summed E-state index contributed by atoms with van der Waals surface area (Å²) in [5.41, 5.74) is 5.21. The lowest BCUT2D eigenvalue weighted by molar-refractivity contribution is 0.183. The summed E-state index contributed by atoms with van der Waals surface area (Å²) in [5, 5.41) is 0. The van der Waals surface area contributed by atoms with Crippen LogP contribution in [0.5, 0.6) is 0 Å². The van der Waals surface area contributed by atoms with Crippen LogP contribution in [-0.4, -0.2) is 25.3 Å². The number of halogens is 1. The highest BCUT2D eigenvalue weighted by atomic mass is 31.2. The molecule has 172 valence electrons. The third kappa shape index (κ3) is 6.23. The van der Waals surface area contributed by atoms with Gasteiger partial charge in [-0.1, -0.05) is 39.8 Å². The standard InChI is InChI=1S/C24H35FNO4P/c1-8-29-31(27,30-9-2)15-21-22(18-10-12-19(25)13-11-18)20(14-28-7)23(16(3)4)26-24(21)17(5)6/h10-13,16-17H,8-9,14-15H2,1-7H3/i15+2. The van der Waals surface area contributed by atoms with E-state index in [-0.39, 0.29) is 37.0 Å². The van der Waals surface area contributed by atoms with Crippen molar-refractivity contribution in [3.05, 3.63) is 52.6 Å². The fourth-order valence-corrected chi connectivity index (χ4v) is 5.54. The Morgan fingerprint density at radius 2 is 1.55 bits per heavy atom. The normalized spacial score (nSPS) is 12.2. The topological polar surface area (TPSA) is 57.7 Å². The first kappa shape index (κ1) is 25.7. The Balaban J connectivity index is 2.91. The number of rotatable bonds is 11. The van der Waals surface area contributed by atoms with E-state index in [9.17, 15) is 8.96 Å². The summed E-state index contributed by atoms with van der Waals surface area (Å²) in [6.45, 7) is 12.8. The van der Waals surface area contributed by atoms with E-state index in [2.05, 4.69) is 27.7 Å². The molecule has 0 saturated carbocycles. The maximum absolute atomic E-state index is 13.7. The fraction of sp³-hybridized carbons (Fsp3) is 0.542. The Morgan fingerprint density at radius 3 is 2.00 bits per heavy atom. The maximum atomic E-state index is 13.7. The van der Waals surface area contributed by atoms with E-state index >= 15 is 0 Å². The van der Waals surface area contributed by atoms with Crippen LogP contribution in [0, 0.1) is 5.82 Å². The monoisotopic (exact) mass is 453 g/mol. The molecule has 1 aromatic carbocycles. The fourth-order valence-electron chi connectivity index (χ4n) is 3.79. The van der Waals surface area contributed by atoms with E-state index in [1.165, 1.54) is 12.1 Å². The molecule has 31 heavy (non-hydrogen) atoms. The van der Waals surface area contributed by atoms with Gasteiger partial charge in [-0.15, -0.1) is 0 Å². The third-order valence-electron chi connectivity index (χ3n) is 4.98. The van der Waals surface area contributed by atoms with Crippen LogP contribution < -0.4 is 0 Å². The molecular weight excluding hydrogens is 418 g/mol. The summed E-state index contributed by atoms with van der Waals surface area (Å²) in [6, 6.07) is 6.36. The molecule has 0 unspecified atom stereocenters. The molecule has 5 nitrogen and oxygen atoms in total. The number of hydrogen-bond donors (Lipinski definition) is 0. The Bertz CT molecular complexity index is 903. The summed E-state index contributed by atoms with van der Waals surface area (Å²) >= 11 is 0. The van der Waals surface area contributed by atoms with Gasteiger partial charge in [0.2, 0.25) is 0 Å². The van der Waals surface area contributed by atoms with Crippen LogP contribution in [0.3, 0.4) is 0 Å². The average Bonchev–Trinajstić information content (AvgIpc) is 2.69. The van der Waals surface area contributed by atoms with Crippen LogP contribution in [0.15, 0.2) is 24.3 Å². The first-order valence-corrected chi connectivity index (χ1v) is 12.6. The lowest BCUT2D eigenvalue weighted by Crippen LogP contribution is -2.14. The van der Waals surface area contributed by atoms with Gasteiger partial charge < -0.3 is 13.8 Å². The van der Waals surface area contributed by atoms with Crippen LogP contribution in [0.4, 0.5) is 4.39 Å². The molecule has 1 aromatic heterocycles. The molecule has 1 heterocycles. The van der Waals surface area contributed by atoms with Gasteiger partial charge in [0.25, 0.3) is 0 Å². The minimum Gasteiger partial charge on any atom is -0.380 e. The van der Waals surface area contributed by atoms with Crippen molar-refractivity contribution >= 4 is 7.60 Å². The van der Waals surface area contributed by atoms with E-state index in [0.29, 0.717) is 6.61 Å². The second-order valence-electron chi connectivity index (χ2n) is 8.07. The molecule has 0 N–H and O–H groups in total. The summed E-state index contributed by atoms with van der Waals surface area (Å²) in [6.07, 6.45) is 0.0942. The van der Waals surface area contributed by atoms with Gasteiger partial charge in [0.05, 0.1) is 26.0 Å². The van der Waals surface area contributed by atoms with Crippen molar-refractivity contribution in [3.63, 3.8) is 0 Å². The van der Waals surface area contributed by atoms with Crippen molar-refractivity contribution in [2.75, 3.05) is 20.3 Å². The van der Waals surface area contributed by atoms with Crippen molar-refractivity contribution in [1.29, 1.82) is 0 Å². The van der Waals surface area contributed by atoms with Crippen molar-refractivity contribution < 1.29 is 22.7 Å². The molecule has 2 rings (SSSR count). The zero-order chi connectivity index (χ0) is 23.2. The molecule has 0 fully saturated rings. The largest absolute Gasteiger partial charge is 0.380 e. The summed E-state index contributed by atoms with van der Waals surface area (Å²) < 4.78 is 44.0. The van der Waals surface area contributed by atoms with Crippen LogP contribution in [0.2, 0.25) is 0 Å². The van der Waals surface area contributed by atoms with Gasteiger partial charge in [0, 0.05) is 24.1 Å². The van der Waals surface area contributed by atoms with Crippen molar-refractivity contribution in [2.45, 2.75) is 66.1 Å². The maximum Gasteiger partial charge on any atom is 0.335 e. The van der Waals surface area contributed by atoms with E-state index in [0.717, 1.165) is 33.6 Å². The van der Waals surface area contributed by atoms with Crippen molar-refractivity contribution in [1.82, 2.24) is 4.98 Å². The lowest BCUT2D eigenvalue weighted by Gasteiger charge is -2.26. The Morgan fingerprint density at radius 1 is 1.00 bits per heavy atom. The SMILES string of the molecule is CCOP(=O)([14CH2]c1c(C(C)C)nc(C(C)C)c(COC)c1-c1ccc(F)cc1)OCC. The summed E-state index contributed by atoms with van der Waals surface area (Å²) in [4.78, 5) is 5.01. The van der Waals surface area contributed by atoms with E-state index in [1.54, 1.807) is 33.1 Å². The van der Waals surface area contributed by atoms with Gasteiger partial charge in [-0.25, -0.2) is 4.39 Å². The highest BCUT2D eigenvalue weighted by Gasteiger charge is 2.31. The second-order valence-corrected chi connectivity index (χ2v) is 10.1. The molecule has 0 radical (unpaired) electrons. The Kier molecular flexibility index (Phi) is 9.38. The predicted molar refractivity (Wildman–Crippen MR) is 123 cm³/mol. The van der Waals surface area contributed by atoms with Gasteiger partial charge in [0.15, 0.2) is 0 Å². The van der Waals surface area contributed by atoms with Crippen LogP contribution in [0.25, 0.3) is 11.1 Å². The number of benzene rings is 1. The highest BCUT2D eigenvalue weighted by molar-refractivity contribution is 7.53. The van der Waals surface area contributed by atoms with E-state index < -0.39 is 7.60 Å². The zero-order valence-electron chi connectivity index (χ0n) is 19.7. The van der Waals surface area contributed by atoms with Gasteiger partial charge in [-0.2, -0.15) is 0 Å². The van der Waals surface area contributed by atoms with E-state index in [4.69, 9.17) is 18.8 Å². The number of aromatic nitrogens is 1. The van der Waals surface area contributed by atoms with Crippen molar-refractivity contribution in [2.24, 2.45) is 0 Å². The molecule has 7 heteroatoms. The van der Waals surface area contributed by atoms with Gasteiger partial charge in [-0.05, 0) is 54.5 Å². The smallest absolute Gasteiger partial charge is 0.335 e. The molecule has 0 bridgehead atoms. The van der Waals surface area contributed by atoms with Crippen molar-refractivity contribution in [3.8, 4) is 11.1 Å². The number of hydrogen-bond acceptors (Lipinski definition) is 5. The summed E-state index contributed by atoms with van der Waals surface area (Å²) in [5.74, 6) is -0.0726. The molecule has 2 aromatic rings. The first-order valence-electron chi connectivity index (χ1n) is 10.9. The highest BCUT2D eigenvalue weighted by Crippen LogP contribution is 2.54. The number of pyridine rings is 1. The molecule has 0 aliphatic carbocycles. The van der Waals surface area contributed by atoms with Crippen LogP contribution >= 0.6 is 7.60 Å². The number of nitrogens with zero attached hydrogens (tertiary/aromatic N) is 1. The zero-order valence-corrected chi connectivity index (χ0v) is 20.6. The molecule has 0 saturated heterocycles. The predicted octanol–water partition coefficient (Wildman–Crippen LogP) is 7.05. The summed E-state index contributed by atoms with van der Waals surface area (Å²) in [7, 11) is -1.76. The molecule has 0 amide bonds. The number of ether oxygens (including phenoxy) is 1. The quantitative estimate of drug-likeness (QED) is 0.341. The van der Waals surface area contributed by atoms with Crippen LogP contribution in [0.1, 0.15) is 75.9 Å². The van der Waals surface area contributed by atoms with Crippen LogP contribution in [-0.2, 0) is 31.1 Å². The minimum atomic E-state index is -3.40. The minimum absolute atomic E-state index is 0.0833. The molecule has 0 spiro atoms. The molecule has 0 atom stereocenters.